The summed E-state index contributed by atoms with van der Waals surface area (Å²) in [6, 6.07) is 9.34. The van der Waals surface area contributed by atoms with Crippen molar-refractivity contribution < 1.29 is 17.6 Å². The summed E-state index contributed by atoms with van der Waals surface area (Å²) in [6.07, 6.45) is -1.81. The molecule has 2 heterocycles. The summed E-state index contributed by atoms with van der Waals surface area (Å²) in [5, 5.41) is 16.8. The van der Waals surface area contributed by atoms with Gasteiger partial charge in [0.25, 0.3) is 5.78 Å². The number of aromatic nitrogens is 5. The smallest absolute Gasteiger partial charge is 0.206 e. The highest BCUT2D eigenvalue weighted by atomic mass is 35.5. The first-order valence-corrected chi connectivity index (χ1v) is 9.75. The van der Waals surface area contributed by atoms with Crippen molar-refractivity contribution in [3.8, 4) is 0 Å². The maximum Gasteiger partial charge on any atom is 0.416 e. The van der Waals surface area contributed by atoms with Crippen LogP contribution in [0, 0.1) is 5.82 Å². The molecule has 0 bridgehead atoms. The van der Waals surface area contributed by atoms with Crippen LogP contribution in [0.3, 0.4) is 0 Å². The van der Waals surface area contributed by atoms with Gasteiger partial charge in [-0.25, -0.2) is 4.39 Å². The van der Waals surface area contributed by atoms with Crippen LogP contribution in [0.15, 0.2) is 59.0 Å². The van der Waals surface area contributed by atoms with Crippen molar-refractivity contribution in [2.24, 2.45) is 5.10 Å². The molecule has 0 saturated heterocycles. The van der Waals surface area contributed by atoms with E-state index in [4.69, 9.17) is 11.6 Å². The van der Waals surface area contributed by atoms with E-state index >= 15 is 0 Å². The quantitative estimate of drug-likeness (QED) is 0.244. The second-order valence-electron chi connectivity index (χ2n) is 6.04. The minimum absolute atomic E-state index is 0.115. The highest BCUT2D eigenvalue weighted by Gasteiger charge is 2.30. The van der Waals surface area contributed by atoms with Gasteiger partial charge >= 0.3 is 6.18 Å². The van der Waals surface area contributed by atoms with Crippen LogP contribution in [0.25, 0.3) is 5.78 Å². The molecule has 4 rings (SSSR count). The number of thioether (sulfide) groups is 1. The van der Waals surface area contributed by atoms with Crippen molar-refractivity contribution in [2.75, 3.05) is 0 Å². The van der Waals surface area contributed by atoms with E-state index in [1.807, 2.05) is 0 Å². The van der Waals surface area contributed by atoms with E-state index in [1.165, 1.54) is 57.8 Å². The van der Waals surface area contributed by atoms with Gasteiger partial charge in [-0.15, -0.1) is 10.2 Å². The Bertz CT molecular complexity index is 1210. The van der Waals surface area contributed by atoms with Gasteiger partial charge in [-0.1, -0.05) is 47.6 Å². The zero-order valence-electron chi connectivity index (χ0n) is 14.9. The van der Waals surface area contributed by atoms with Gasteiger partial charge in [0.15, 0.2) is 0 Å². The first-order chi connectivity index (χ1) is 14.3. The molecule has 154 valence electrons. The fourth-order valence-corrected chi connectivity index (χ4v) is 3.60. The first-order valence-electron chi connectivity index (χ1n) is 8.39. The molecule has 0 aliphatic rings. The lowest BCUT2D eigenvalue weighted by Crippen LogP contribution is -2.04. The molecule has 0 N–H and O–H groups in total. The van der Waals surface area contributed by atoms with E-state index in [1.54, 1.807) is 6.07 Å². The average molecular weight is 455 g/mol. The van der Waals surface area contributed by atoms with E-state index in [9.17, 15) is 17.6 Å². The molecule has 0 fully saturated rings. The number of fused-ring (bicyclic) bond motifs is 1. The molecule has 0 spiro atoms. The Morgan fingerprint density at radius 2 is 1.93 bits per heavy atom. The molecule has 2 aromatic carbocycles. The highest BCUT2D eigenvalue weighted by molar-refractivity contribution is 7.98. The zero-order valence-corrected chi connectivity index (χ0v) is 16.5. The second-order valence-corrected chi connectivity index (χ2v) is 7.39. The maximum atomic E-state index is 13.9. The summed E-state index contributed by atoms with van der Waals surface area (Å²) in [7, 11) is 0. The van der Waals surface area contributed by atoms with Crippen molar-refractivity contribution in [2.45, 2.75) is 17.1 Å². The van der Waals surface area contributed by atoms with Crippen LogP contribution in [0.1, 0.15) is 16.7 Å². The van der Waals surface area contributed by atoms with Crippen molar-refractivity contribution in [1.82, 2.24) is 24.5 Å². The van der Waals surface area contributed by atoms with E-state index in [-0.39, 0.29) is 22.1 Å². The fraction of sp³-hybridized carbons (Fsp3) is 0.111. The van der Waals surface area contributed by atoms with Gasteiger partial charge in [0.05, 0.1) is 16.8 Å². The second kappa shape index (κ2) is 8.07. The Morgan fingerprint density at radius 1 is 1.13 bits per heavy atom. The predicted molar refractivity (Wildman–Crippen MR) is 104 cm³/mol. The van der Waals surface area contributed by atoms with Crippen LogP contribution in [0.5, 0.6) is 0 Å². The molecule has 0 radical (unpaired) electrons. The lowest BCUT2D eigenvalue weighted by atomic mass is 10.1. The number of benzene rings is 2. The summed E-state index contributed by atoms with van der Waals surface area (Å²) in [5.74, 6) is -0.0301. The number of nitrogens with zero attached hydrogens (tertiary/aromatic N) is 6. The van der Waals surface area contributed by atoms with Gasteiger partial charge in [0.1, 0.15) is 12.1 Å². The van der Waals surface area contributed by atoms with Crippen LogP contribution in [-0.4, -0.2) is 30.7 Å². The largest absolute Gasteiger partial charge is 0.416 e. The Balaban J connectivity index is 1.53. The average Bonchev–Trinajstić information content (AvgIpc) is 3.28. The topological polar surface area (TPSA) is 60.4 Å². The highest BCUT2D eigenvalue weighted by Crippen LogP contribution is 2.31. The van der Waals surface area contributed by atoms with E-state index in [0.717, 1.165) is 12.1 Å². The third-order valence-electron chi connectivity index (χ3n) is 4.01. The van der Waals surface area contributed by atoms with Gasteiger partial charge in [0.2, 0.25) is 5.16 Å². The Morgan fingerprint density at radius 3 is 2.70 bits per heavy atom. The Hall–Kier alpha value is -2.92. The summed E-state index contributed by atoms with van der Waals surface area (Å²) in [4.78, 5) is 0. The number of halogens is 5. The van der Waals surface area contributed by atoms with Crippen LogP contribution in [0.4, 0.5) is 17.6 Å². The van der Waals surface area contributed by atoms with Crippen molar-refractivity contribution in [1.29, 1.82) is 0 Å². The minimum atomic E-state index is -4.40. The maximum absolute atomic E-state index is 13.9. The van der Waals surface area contributed by atoms with Crippen LogP contribution in [-0.2, 0) is 11.9 Å². The van der Waals surface area contributed by atoms with Crippen LogP contribution in [0.2, 0.25) is 5.02 Å². The normalized spacial score (nSPS) is 12.3. The molecule has 12 heteroatoms. The fourth-order valence-electron chi connectivity index (χ4n) is 2.56. The monoisotopic (exact) mass is 454 g/mol. The van der Waals surface area contributed by atoms with Crippen molar-refractivity contribution in [3.05, 3.63) is 76.3 Å². The third-order valence-corrected chi connectivity index (χ3v) is 5.33. The van der Waals surface area contributed by atoms with Crippen LogP contribution < -0.4 is 0 Å². The zero-order chi connectivity index (χ0) is 21.3. The molecule has 0 aliphatic heterocycles. The number of rotatable bonds is 5. The Labute approximate surface area is 176 Å². The van der Waals surface area contributed by atoms with E-state index < -0.39 is 17.6 Å². The van der Waals surface area contributed by atoms with Gasteiger partial charge in [0, 0.05) is 11.3 Å². The van der Waals surface area contributed by atoms with Gasteiger partial charge in [-0.3, -0.25) is 0 Å². The molecular formula is C18H11ClF4N6S. The molecule has 30 heavy (non-hydrogen) atoms. The molecule has 4 aromatic rings. The molecule has 0 atom stereocenters. The Kier molecular flexibility index (Phi) is 5.48. The molecule has 0 saturated carbocycles. The van der Waals surface area contributed by atoms with Crippen molar-refractivity contribution in [3.63, 3.8) is 0 Å². The minimum Gasteiger partial charge on any atom is -0.206 e. The molecule has 0 unspecified atom stereocenters. The van der Waals surface area contributed by atoms with Crippen LogP contribution >= 0.6 is 23.4 Å². The number of alkyl halides is 3. The lowest BCUT2D eigenvalue weighted by molar-refractivity contribution is -0.137. The third kappa shape index (κ3) is 4.17. The van der Waals surface area contributed by atoms with Gasteiger partial charge in [-0.2, -0.15) is 32.6 Å². The van der Waals surface area contributed by atoms with Crippen molar-refractivity contribution >= 4 is 35.4 Å². The lowest BCUT2D eigenvalue weighted by Gasteiger charge is -2.07. The molecule has 0 aliphatic carbocycles. The predicted octanol–water partition coefficient (Wildman–Crippen LogP) is 4.91. The SMILES string of the molecule is Fc1cccc(Cl)c1/C=N/n1cnn2c(SCc3cccc(C(F)(F)F)c3)nnc12. The van der Waals surface area contributed by atoms with E-state index in [2.05, 4.69) is 20.4 Å². The molecule has 2 aromatic heterocycles. The molecular weight excluding hydrogens is 444 g/mol. The van der Waals surface area contributed by atoms with Gasteiger partial charge in [-0.05, 0) is 23.8 Å². The number of hydrogen-bond donors (Lipinski definition) is 0. The summed E-state index contributed by atoms with van der Waals surface area (Å²) >= 11 is 7.14. The van der Waals surface area contributed by atoms with Gasteiger partial charge < -0.3 is 0 Å². The molecule has 0 amide bonds. The first kappa shape index (κ1) is 20.4. The molecule has 6 nitrogen and oxygen atoms in total. The summed E-state index contributed by atoms with van der Waals surface area (Å²) in [5.41, 5.74) is -0.111. The number of hydrogen-bond acceptors (Lipinski definition) is 5. The summed E-state index contributed by atoms with van der Waals surface area (Å²) < 4.78 is 55.1. The summed E-state index contributed by atoms with van der Waals surface area (Å²) in [6.45, 7) is 0. The van der Waals surface area contributed by atoms with E-state index in [0.29, 0.717) is 10.7 Å². The standard InChI is InChI=1S/C18H11ClF4N6S/c19-14-5-2-6-15(20)13(14)8-24-28-10-25-29-16(28)26-27-17(29)30-9-11-3-1-4-12(7-11)18(21,22)23/h1-8,10H,9H2/b24-8+.